The van der Waals surface area contributed by atoms with Crippen LogP contribution in [-0.4, -0.2) is 30.2 Å². The van der Waals surface area contributed by atoms with Crippen LogP contribution in [0.4, 0.5) is 18.9 Å². The topological polar surface area (TPSA) is 80.8 Å². The number of hydrogen-bond donors (Lipinski definition) is 0. The van der Waals surface area contributed by atoms with Crippen molar-refractivity contribution in [2.75, 3.05) is 11.5 Å². The van der Waals surface area contributed by atoms with Crippen LogP contribution in [0.15, 0.2) is 60.7 Å². The molecule has 0 spiro atoms. The Morgan fingerprint density at radius 2 is 1.44 bits per heavy atom. The largest absolute Gasteiger partial charge is 0.454 e. The number of hydrogen-bond acceptors (Lipinski definition) is 5. The summed E-state index contributed by atoms with van der Waals surface area (Å²) >= 11 is 0. The highest BCUT2D eigenvalue weighted by molar-refractivity contribution is 6.34. The Kier molecular flexibility index (Phi) is 5.31. The number of halogens is 3. The van der Waals surface area contributed by atoms with Crippen LogP contribution in [-0.2, 0) is 4.74 Å². The minimum atomic E-state index is -1.00. The number of esters is 1. The lowest BCUT2D eigenvalue weighted by molar-refractivity contribution is 0.0473. The lowest BCUT2D eigenvalue weighted by Crippen LogP contribution is -2.29. The number of rotatable bonds is 5. The van der Waals surface area contributed by atoms with E-state index >= 15 is 0 Å². The molecule has 32 heavy (non-hydrogen) atoms. The number of fused-ring (bicyclic) bond motifs is 1. The molecule has 1 aliphatic heterocycles. The Bertz CT molecular complexity index is 1290. The van der Waals surface area contributed by atoms with Crippen molar-refractivity contribution < 1.29 is 37.1 Å². The van der Waals surface area contributed by atoms with Gasteiger partial charge in [-0.3, -0.25) is 14.4 Å². The summed E-state index contributed by atoms with van der Waals surface area (Å²) in [5, 5.41) is 0. The van der Waals surface area contributed by atoms with Crippen LogP contribution in [0.25, 0.3) is 0 Å². The van der Waals surface area contributed by atoms with E-state index < -0.39 is 53.2 Å². The Morgan fingerprint density at radius 3 is 2.16 bits per heavy atom. The van der Waals surface area contributed by atoms with Crippen molar-refractivity contribution in [2.24, 2.45) is 0 Å². The highest BCUT2D eigenvalue weighted by atomic mass is 19.1. The number of amides is 2. The smallest absolute Gasteiger partial charge is 0.338 e. The Balaban J connectivity index is 1.51. The molecule has 0 bridgehead atoms. The molecule has 160 valence electrons. The lowest BCUT2D eigenvalue weighted by atomic mass is 10.1. The highest BCUT2D eigenvalue weighted by Crippen LogP contribution is 2.29. The second-order valence-corrected chi connectivity index (χ2v) is 6.81. The fraction of sp³-hybridized carbons (Fsp3) is 0.0435. The van der Waals surface area contributed by atoms with Crippen LogP contribution in [0.2, 0.25) is 0 Å². The second kappa shape index (κ2) is 8.10. The summed E-state index contributed by atoms with van der Waals surface area (Å²) in [5.74, 6) is -5.65. The molecular weight excluding hydrogens is 427 g/mol. The van der Waals surface area contributed by atoms with E-state index in [1.165, 1.54) is 24.3 Å². The zero-order valence-corrected chi connectivity index (χ0v) is 16.1. The van der Waals surface area contributed by atoms with E-state index in [9.17, 15) is 32.3 Å². The van der Waals surface area contributed by atoms with Gasteiger partial charge in [0.15, 0.2) is 6.61 Å². The van der Waals surface area contributed by atoms with Gasteiger partial charge >= 0.3 is 5.97 Å². The minimum Gasteiger partial charge on any atom is -0.454 e. The van der Waals surface area contributed by atoms with Crippen LogP contribution in [0.3, 0.4) is 0 Å². The van der Waals surface area contributed by atoms with Crippen LogP contribution < -0.4 is 4.90 Å². The molecule has 0 N–H and O–H groups in total. The Morgan fingerprint density at radius 1 is 0.781 bits per heavy atom. The summed E-state index contributed by atoms with van der Waals surface area (Å²) in [6.07, 6.45) is 0. The maximum atomic E-state index is 13.7. The molecule has 0 saturated carbocycles. The average molecular weight is 439 g/mol. The number of ketones is 1. The molecule has 0 unspecified atom stereocenters. The number of anilines is 1. The summed E-state index contributed by atoms with van der Waals surface area (Å²) in [5.41, 5.74) is -0.574. The van der Waals surface area contributed by atoms with E-state index in [4.69, 9.17) is 4.74 Å². The molecular formula is C23H12F3NO5. The molecule has 0 fully saturated rings. The van der Waals surface area contributed by atoms with Gasteiger partial charge < -0.3 is 4.74 Å². The molecule has 4 rings (SSSR count). The van der Waals surface area contributed by atoms with Gasteiger partial charge in [-0.1, -0.05) is 0 Å². The first-order valence-corrected chi connectivity index (χ1v) is 9.20. The van der Waals surface area contributed by atoms with Crippen molar-refractivity contribution >= 4 is 29.3 Å². The zero-order valence-electron chi connectivity index (χ0n) is 16.1. The maximum Gasteiger partial charge on any atom is 0.338 e. The lowest BCUT2D eigenvalue weighted by Gasteiger charge is -2.13. The van der Waals surface area contributed by atoms with Gasteiger partial charge in [0.1, 0.15) is 17.5 Å². The van der Waals surface area contributed by atoms with Gasteiger partial charge in [-0.25, -0.2) is 22.9 Å². The third-order valence-corrected chi connectivity index (χ3v) is 4.77. The van der Waals surface area contributed by atoms with Crippen molar-refractivity contribution in [1.82, 2.24) is 0 Å². The van der Waals surface area contributed by atoms with Gasteiger partial charge in [-0.05, 0) is 60.7 Å². The van der Waals surface area contributed by atoms with Gasteiger partial charge in [-0.2, -0.15) is 0 Å². The zero-order chi connectivity index (χ0) is 23.0. The van der Waals surface area contributed by atoms with E-state index in [1.807, 2.05) is 0 Å². The van der Waals surface area contributed by atoms with Crippen molar-refractivity contribution in [3.05, 3.63) is 100 Å². The van der Waals surface area contributed by atoms with E-state index in [1.54, 1.807) is 0 Å². The Hall–Kier alpha value is -4.27. The van der Waals surface area contributed by atoms with Crippen molar-refractivity contribution in [2.45, 2.75) is 0 Å². The molecule has 1 heterocycles. The summed E-state index contributed by atoms with van der Waals surface area (Å²) in [6, 6.07) is 10.7. The molecule has 9 heteroatoms. The first kappa shape index (κ1) is 21.0. The molecule has 0 atom stereocenters. The second-order valence-electron chi connectivity index (χ2n) is 6.81. The van der Waals surface area contributed by atoms with E-state index in [-0.39, 0.29) is 22.4 Å². The monoisotopic (exact) mass is 439 g/mol. The molecule has 6 nitrogen and oxygen atoms in total. The van der Waals surface area contributed by atoms with Crippen LogP contribution >= 0.6 is 0 Å². The molecule has 2 amide bonds. The third kappa shape index (κ3) is 3.76. The van der Waals surface area contributed by atoms with Crippen molar-refractivity contribution in [3.8, 4) is 0 Å². The van der Waals surface area contributed by atoms with Gasteiger partial charge in [0.25, 0.3) is 11.8 Å². The van der Waals surface area contributed by atoms with Gasteiger partial charge in [0, 0.05) is 0 Å². The number of benzene rings is 3. The molecule has 1 aliphatic rings. The number of carbonyl (C=O) groups is 4. The average Bonchev–Trinajstić information content (AvgIpc) is 3.03. The maximum absolute atomic E-state index is 13.7. The SMILES string of the molecule is O=C(OCC(=O)c1cc(F)ccc1F)c1ccc2c(c1)C(=O)N(c1ccc(F)cc1)C2=O. The van der Waals surface area contributed by atoms with Crippen molar-refractivity contribution in [3.63, 3.8) is 0 Å². The molecule has 0 aromatic heterocycles. The molecule has 3 aromatic carbocycles. The van der Waals surface area contributed by atoms with Gasteiger partial charge in [-0.15, -0.1) is 0 Å². The van der Waals surface area contributed by atoms with E-state index in [0.29, 0.717) is 6.07 Å². The quantitative estimate of drug-likeness (QED) is 0.342. The number of nitrogens with zero attached hydrogens (tertiary/aromatic N) is 1. The standard InChI is InChI=1S/C23H12F3NO5/c24-13-2-5-15(6-3-13)27-21(29)16-7-1-12(9-17(16)22(27)30)23(31)32-11-20(28)18-10-14(25)4-8-19(18)26/h1-10H,11H2. The summed E-state index contributed by atoms with van der Waals surface area (Å²) in [7, 11) is 0. The number of carbonyl (C=O) groups excluding carboxylic acids is 4. The molecule has 0 radical (unpaired) electrons. The summed E-state index contributed by atoms with van der Waals surface area (Å²) < 4.78 is 44.9. The van der Waals surface area contributed by atoms with Crippen LogP contribution in [0.5, 0.6) is 0 Å². The first-order valence-electron chi connectivity index (χ1n) is 9.20. The van der Waals surface area contributed by atoms with E-state index in [2.05, 4.69) is 0 Å². The fourth-order valence-corrected chi connectivity index (χ4v) is 3.20. The number of imide groups is 1. The van der Waals surface area contributed by atoms with Gasteiger partial charge in [0.05, 0.1) is 27.9 Å². The molecule has 0 aliphatic carbocycles. The predicted molar refractivity (Wildman–Crippen MR) is 105 cm³/mol. The highest BCUT2D eigenvalue weighted by Gasteiger charge is 2.37. The molecule has 0 saturated heterocycles. The third-order valence-electron chi connectivity index (χ3n) is 4.77. The van der Waals surface area contributed by atoms with E-state index in [0.717, 1.165) is 35.2 Å². The predicted octanol–water partition coefficient (Wildman–Crippen LogP) is 3.94. The van der Waals surface area contributed by atoms with Gasteiger partial charge in [0.2, 0.25) is 5.78 Å². The normalized spacial score (nSPS) is 12.7. The summed E-state index contributed by atoms with van der Waals surface area (Å²) in [4.78, 5) is 50.5. The number of ether oxygens (including phenoxy) is 1. The van der Waals surface area contributed by atoms with Crippen molar-refractivity contribution in [1.29, 1.82) is 0 Å². The summed E-state index contributed by atoms with van der Waals surface area (Å²) in [6.45, 7) is -0.856. The first-order chi connectivity index (χ1) is 15.3. The Labute approximate surface area is 178 Å². The van der Waals surface area contributed by atoms with Crippen LogP contribution in [0, 0.1) is 17.5 Å². The minimum absolute atomic E-state index is 0.0359. The molecule has 3 aromatic rings. The fourth-order valence-electron chi connectivity index (χ4n) is 3.20. The van der Waals surface area contributed by atoms with Crippen LogP contribution in [0.1, 0.15) is 41.4 Å². The number of Topliss-reactive ketones (excluding diaryl/α,β-unsaturated/α-hetero) is 1.